The van der Waals surface area contributed by atoms with Crippen LogP contribution in [-0.4, -0.2) is 37.3 Å². The van der Waals surface area contributed by atoms with Gasteiger partial charge in [0.1, 0.15) is 0 Å². The summed E-state index contributed by atoms with van der Waals surface area (Å²) in [4.78, 5) is 9.58. The first kappa shape index (κ1) is 22.9. The van der Waals surface area contributed by atoms with Gasteiger partial charge in [0.25, 0.3) is 0 Å². The molecule has 0 spiro atoms. The average molecular weight is 418 g/mol. The summed E-state index contributed by atoms with van der Waals surface area (Å²) in [6.07, 6.45) is 1.69. The van der Waals surface area contributed by atoms with E-state index in [2.05, 4.69) is 30.7 Å². The molecule has 0 aliphatic heterocycles. The molecule has 158 valence electrons. The molecule has 6 nitrogen and oxygen atoms in total. The van der Waals surface area contributed by atoms with Crippen molar-refractivity contribution in [2.24, 2.45) is 0 Å². The molecule has 0 aliphatic rings. The zero-order chi connectivity index (χ0) is 21.9. The number of aryl methyl sites for hydroxylation is 2. The number of aromatic nitrogens is 2. The number of allylic oxidation sites excluding steroid dienone is 1. The van der Waals surface area contributed by atoms with Crippen molar-refractivity contribution in [2.45, 2.75) is 58.9 Å². The highest BCUT2D eigenvalue weighted by molar-refractivity contribution is 7.90. The molecule has 0 fully saturated rings. The molecule has 0 saturated heterocycles. The molecule has 7 heteroatoms. The van der Waals surface area contributed by atoms with Crippen LogP contribution in [0.2, 0.25) is 0 Å². The van der Waals surface area contributed by atoms with Gasteiger partial charge in [-0.25, -0.2) is 18.4 Å². The van der Waals surface area contributed by atoms with Crippen LogP contribution in [0.15, 0.2) is 23.6 Å². The Morgan fingerprint density at radius 1 is 1.24 bits per heavy atom. The lowest BCUT2D eigenvalue weighted by Crippen LogP contribution is -2.13. The zero-order valence-corrected chi connectivity index (χ0v) is 19.2. The van der Waals surface area contributed by atoms with Crippen LogP contribution in [0.4, 0.5) is 5.69 Å². The third-order valence-corrected chi connectivity index (χ3v) is 5.51. The standard InChI is InChI=1S/C22H31N3O3S/c1-9-17-19(29(8,26)27)12-16(22(24-17)28-10-2)21-15(7)11-18(23-14(5)6)20(25-21)13(3)4/h11-12,14,23H,3,9-10H2,1-2,4-8H3. The van der Waals surface area contributed by atoms with Gasteiger partial charge in [0, 0.05) is 12.3 Å². The molecule has 0 aromatic carbocycles. The maximum absolute atomic E-state index is 12.4. The Balaban J connectivity index is 2.84. The van der Waals surface area contributed by atoms with Crippen LogP contribution in [0.5, 0.6) is 5.88 Å². The quantitative estimate of drug-likeness (QED) is 0.672. The van der Waals surface area contributed by atoms with Gasteiger partial charge in [0.15, 0.2) is 9.84 Å². The van der Waals surface area contributed by atoms with Gasteiger partial charge in [-0.3, -0.25) is 0 Å². The van der Waals surface area contributed by atoms with Crippen molar-refractivity contribution < 1.29 is 13.2 Å². The summed E-state index contributed by atoms with van der Waals surface area (Å²) in [5.74, 6) is 0.393. The summed E-state index contributed by atoms with van der Waals surface area (Å²) in [6, 6.07) is 3.89. The Morgan fingerprint density at radius 2 is 1.90 bits per heavy atom. The summed E-state index contributed by atoms with van der Waals surface area (Å²) >= 11 is 0. The lowest BCUT2D eigenvalue weighted by Gasteiger charge is -2.19. The van der Waals surface area contributed by atoms with Crippen LogP contribution in [0.1, 0.15) is 51.6 Å². The van der Waals surface area contributed by atoms with Gasteiger partial charge in [0.2, 0.25) is 5.88 Å². The minimum atomic E-state index is -3.45. The number of nitrogens with one attached hydrogen (secondary N) is 1. The predicted octanol–water partition coefficient (Wildman–Crippen LogP) is 4.67. The van der Waals surface area contributed by atoms with Crippen LogP contribution in [0.3, 0.4) is 0 Å². The largest absolute Gasteiger partial charge is 0.477 e. The third kappa shape index (κ3) is 5.15. The van der Waals surface area contributed by atoms with Crippen molar-refractivity contribution in [3.05, 3.63) is 35.7 Å². The monoisotopic (exact) mass is 417 g/mol. The molecule has 2 aromatic heterocycles. The van der Waals surface area contributed by atoms with E-state index < -0.39 is 9.84 Å². The SMILES string of the molecule is C=C(C)c1nc(-c2cc(S(C)(=O)=O)c(CC)nc2OCC)c(C)cc1NC(C)C. The van der Waals surface area contributed by atoms with Crippen molar-refractivity contribution >= 4 is 21.1 Å². The second-order valence-electron chi connectivity index (χ2n) is 7.47. The summed E-state index contributed by atoms with van der Waals surface area (Å²) in [5.41, 5.74) is 5.05. The lowest BCUT2D eigenvalue weighted by molar-refractivity contribution is 0.326. The van der Waals surface area contributed by atoms with E-state index in [-0.39, 0.29) is 10.9 Å². The number of sulfone groups is 1. The molecular weight excluding hydrogens is 386 g/mol. The number of rotatable bonds is 8. The van der Waals surface area contributed by atoms with Crippen molar-refractivity contribution in [3.63, 3.8) is 0 Å². The van der Waals surface area contributed by atoms with Gasteiger partial charge >= 0.3 is 0 Å². The Kier molecular flexibility index (Phi) is 7.06. The van der Waals surface area contributed by atoms with Crippen LogP contribution >= 0.6 is 0 Å². The molecule has 1 N–H and O–H groups in total. The van der Waals surface area contributed by atoms with E-state index >= 15 is 0 Å². The van der Waals surface area contributed by atoms with E-state index in [1.165, 1.54) is 6.26 Å². The molecule has 0 saturated carbocycles. The number of nitrogens with zero attached hydrogens (tertiary/aromatic N) is 2. The molecule has 29 heavy (non-hydrogen) atoms. The molecule has 0 aliphatic carbocycles. The fourth-order valence-electron chi connectivity index (χ4n) is 3.14. The number of anilines is 1. The summed E-state index contributed by atoms with van der Waals surface area (Å²) in [5, 5.41) is 3.40. The predicted molar refractivity (Wildman–Crippen MR) is 119 cm³/mol. The molecule has 0 amide bonds. The van der Waals surface area contributed by atoms with Crippen molar-refractivity contribution in [2.75, 3.05) is 18.2 Å². The topological polar surface area (TPSA) is 81.2 Å². The van der Waals surface area contributed by atoms with E-state index in [1.54, 1.807) is 6.07 Å². The molecule has 0 bridgehead atoms. The number of hydrogen-bond donors (Lipinski definition) is 1. The molecule has 2 rings (SSSR count). The van der Waals surface area contributed by atoms with Gasteiger partial charge < -0.3 is 10.1 Å². The Labute approximate surface area is 174 Å². The normalized spacial score (nSPS) is 11.6. The van der Waals surface area contributed by atoms with Crippen molar-refractivity contribution in [3.8, 4) is 17.1 Å². The highest BCUT2D eigenvalue weighted by Crippen LogP contribution is 2.36. The van der Waals surface area contributed by atoms with Gasteiger partial charge in [-0.2, -0.15) is 0 Å². The minimum Gasteiger partial charge on any atom is -0.477 e. The molecular formula is C22H31N3O3S. The van der Waals surface area contributed by atoms with E-state index in [1.807, 2.05) is 33.8 Å². The molecule has 0 unspecified atom stereocenters. The average Bonchev–Trinajstić information content (AvgIpc) is 2.60. The lowest BCUT2D eigenvalue weighted by atomic mass is 10.0. The van der Waals surface area contributed by atoms with E-state index in [0.717, 1.165) is 22.5 Å². The van der Waals surface area contributed by atoms with Crippen LogP contribution in [0.25, 0.3) is 16.8 Å². The Hall–Kier alpha value is -2.41. The third-order valence-electron chi connectivity index (χ3n) is 4.36. The highest BCUT2D eigenvalue weighted by Gasteiger charge is 2.22. The van der Waals surface area contributed by atoms with Crippen LogP contribution in [-0.2, 0) is 16.3 Å². The molecule has 2 heterocycles. The van der Waals surface area contributed by atoms with E-state index in [0.29, 0.717) is 35.9 Å². The van der Waals surface area contributed by atoms with Gasteiger partial charge in [-0.1, -0.05) is 13.5 Å². The second kappa shape index (κ2) is 8.95. The highest BCUT2D eigenvalue weighted by atomic mass is 32.2. The number of ether oxygens (including phenoxy) is 1. The second-order valence-corrected chi connectivity index (χ2v) is 9.46. The summed E-state index contributed by atoms with van der Waals surface area (Å²) in [7, 11) is -3.45. The van der Waals surface area contributed by atoms with Crippen molar-refractivity contribution in [1.29, 1.82) is 0 Å². The van der Waals surface area contributed by atoms with Gasteiger partial charge in [0.05, 0.1) is 39.8 Å². The first-order valence-corrected chi connectivity index (χ1v) is 11.7. The van der Waals surface area contributed by atoms with Gasteiger partial charge in [-0.15, -0.1) is 0 Å². The first-order chi connectivity index (χ1) is 13.5. The maximum Gasteiger partial charge on any atom is 0.223 e. The molecule has 2 aromatic rings. The van der Waals surface area contributed by atoms with Crippen LogP contribution in [0, 0.1) is 6.92 Å². The Morgan fingerprint density at radius 3 is 2.38 bits per heavy atom. The Bertz CT molecular complexity index is 1030. The first-order valence-electron chi connectivity index (χ1n) is 9.80. The molecule has 0 atom stereocenters. The smallest absolute Gasteiger partial charge is 0.223 e. The fourth-order valence-corrected chi connectivity index (χ4v) is 4.09. The molecule has 0 radical (unpaired) electrons. The fraction of sp³-hybridized carbons (Fsp3) is 0.455. The van der Waals surface area contributed by atoms with Crippen molar-refractivity contribution in [1.82, 2.24) is 9.97 Å². The summed E-state index contributed by atoms with van der Waals surface area (Å²) < 4.78 is 30.5. The van der Waals surface area contributed by atoms with Gasteiger partial charge in [-0.05, 0) is 64.3 Å². The van der Waals surface area contributed by atoms with Crippen LogP contribution < -0.4 is 10.1 Å². The number of pyridine rings is 2. The maximum atomic E-state index is 12.4. The summed E-state index contributed by atoms with van der Waals surface area (Å²) in [6.45, 7) is 16.2. The van der Waals surface area contributed by atoms with E-state index in [4.69, 9.17) is 9.72 Å². The number of hydrogen-bond acceptors (Lipinski definition) is 6. The minimum absolute atomic E-state index is 0.209. The van der Waals surface area contributed by atoms with E-state index in [9.17, 15) is 8.42 Å². The zero-order valence-electron chi connectivity index (χ0n) is 18.4.